The molecule has 1 aliphatic heterocycles. The zero-order valence-corrected chi connectivity index (χ0v) is 17.3. The van der Waals surface area contributed by atoms with E-state index in [1.807, 2.05) is 36.4 Å². The minimum atomic E-state index is -1.22. The van der Waals surface area contributed by atoms with Crippen LogP contribution in [0.15, 0.2) is 48.5 Å². The maximum absolute atomic E-state index is 12.4. The van der Waals surface area contributed by atoms with Gasteiger partial charge in [-0.2, -0.15) is 0 Å². The first-order valence-electron chi connectivity index (χ1n) is 9.31. The van der Waals surface area contributed by atoms with Crippen molar-refractivity contribution in [2.24, 2.45) is 0 Å². The smallest absolute Gasteiger partial charge is 0.326 e. The first kappa shape index (κ1) is 21.6. The van der Waals surface area contributed by atoms with Gasteiger partial charge in [-0.15, -0.1) is 11.8 Å². The lowest BCUT2D eigenvalue weighted by Crippen LogP contribution is -2.47. The van der Waals surface area contributed by atoms with Gasteiger partial charge in [0.2, 0.25) is 17.5 Å². The molecule has 156 valence electrons. The molecule has 2 N–H and O–H groups in total. The second-order valence-electron chi connectivity index (χ2n) is 6.89. The number of carbonyl (C=O) groups excluding carboxylic acids is 3. The molecule has 0 radical (unpaired) electrons. The second kappa shape index (κ2) is 9.13. The van der Waals surface area contributed by atoms with Gasteiger partial charge in [-0.25, -0.2) is 4.79 Å². The minimum Gasteiger partial charge on any atom is -0.496 e. The first-order valence-corrected chi connectivity index (χ1v) is 10.2. The number of carboxylic acids is 1. The Morgan fingerprint density at radius 2 is 1.77 bits per heavy atom. The molecule has 0 saturated carbocycles. The molecule has 0 bridgehead atoms. The van der Waals surface area contributed by atoms with Crippen molar-refractivity contribution in [3.63, 3.8) is 0 Å². The molecular formula is C22H21NO6S. The average molecular weight is 427 g/mol. The molecule has 30 heavy (non-hydrogen) atoms. The van der Waals surface area contributed by atoms with Gasteiger partial charge in [0.15, 0.2) is 5.25 Å². The van der Waals surface area contributed by atoms with Gasteiger partial charge in [0.1, 0.15) is 11.8 Å². The number of carboxylic acid groups (broad SMARTS) is 1. The van der Waals surface area contributed by atoms with Crippen molar-refractivity contribution in [3.05, 3.63) is 54.1 Å². The van der Waals surface area contributed by atoms with Crippen molar-refractivity contribution >= 4 is 35.2 Å². The van der Waals surface area contributed by atoms with Crippen molar-refractivity contribution in [1.29, 1.82) is 0 Å². The number of nitrogens with one attached hydrogen (secondary N) is 1. The van der Waals surface area contributed by atoms with E-state index in [-0.39, 0.29) is 6.42 Å². The van der Waals surface area contributed by atoms with Crippen LogP contribution < -0.4 is 10.1 Å². The summed E-state index contributed by atoms with van der Waals surface area (Å²) < 4.78 is 5.36. The first-order chi connectivity index (χ1) is 14.3. The number of aliphatic carboxylic acids is 1. The number of Topliss-reactive ketones (excluding diaryl/α,β-unsaturated/α-hetero) is 2. The lowest BCUT2D eigenvalue weighted by atomic mass is 10.00. The summed E-state index contributed by atoms with van der Waals surface area (Å²) in [5.41, 5.74) is 2.52. The van der Waals surface area contributed by atoms with Crippen LogP contribution in [0.25, 0.3) is 11.1 Å². The largest absolute Gasteiger partial charge is 0.496 e. The zero-order chi connectivity index (χ0) is 21.8. The van der Waals surface area contributed by atoms with E-state index in [2.05, 4.69) is 5.32 Å². The van der Waals surface area contributed by atoms with Gasteiger partial charge in [-0.1, -0.05) is 42.5 Å². The van der Waals surface area contributed by atoms with E-state index in [1.54, 1.807) is 26.2 Å². The summed E-state index contributed by atoms with van der Waals surface area (Å²) in [6.45, 7) is 1.55. The van der Waals surface area contributed by atoms with E-state index in [9.17, 15) is 24.3 Å². The molecule has 2 aromatic carbocycles. The Bertz CT molecular complexity index is 987. The number of benzene rings is 2. The molecule has 7 nitrogen and oxygen atoms in total. The number of hydrogen-bond donors (Lipinski definition) is 2. The van der Waals surface area contributed by atoms with Crippen molar-refractivity contribution in [2.75, 3.05) is 7.11 Å². The second-order valence-corrected chi connectivity index (χ2v) is 8.34. The highest BCUT2D eigenvalue weighted by Crippen LogP contribution is 2.30. The maximum atomic E-state index is 12.4. The highest BCUT2D eigenvalue weighted by molar-refractivity contribution is 8.03. The number of thioether (sulfide) groups is 1. The molecule has 3 rings (SSSR count). The summed E-state index contributed by atoms with van der Waals surface area (Å²) in [7, 11) is 1.59. The van der Waals surface area contributed by atoms with E-state index in [4.69, 9.17) is 4.74 Å². The zero-order valence-electron chi connectivity index (χ0n) is 16.5. The van der Waals surface area contributed by atoms with Crippen LogP contribution in [0, 0.1) is 0 Å². The Kier molecular flexibility index (Phi) is 6.56. The van der Waals surface area contributed by atoms with Crippen LogP contribution in [0.1, 0.15) is 12.5 Å². The summed E-state index contributed by atoms with van der Waals surface area (Å²) >= 11 is 0.937. The van der Waals surface area contributed by atoms with Crippen LogP contribution >= 0.6 is 11.8 Å². The van der Waals surface area contributed by atoms with Crippen molar-refractivity contribution in [3.8, 4) is 16.9 Å². The molecular weight excluding hydrogens is 406 g/mol. The molecule has 1 saturated heterocycles. The Labute approximate surface area is 177 Å². The monoisotopic (exact) mass is 427 g/mol. The number of carbonyl (C=O) groups is 4. The molecule has 1 fully saturated rings. The SMILES string of the molecule is COc1ccccc1-c1ccc(C[C@@H](NC(=O)[C@@H]2S[C@@H](C)C(=O)C2=O)C(=O)O)cc1. The molecule has 1 amide bonds. The van der Waals surface area contributed by atoms with Crippen molar-refractivity contribution in [1.82, 2.24) is 5.32 Å². The van der Waals surface area contributed by atoms with E-state index in [1.165, 1.54) is 0 Å². The third-order valence-corrected chi connectivity index (χ3v) is 6.18. The number of ether oxygens (including phenoxy) is 1. The molecule has 0 spiro atoms. The third kappa shape index (κ3) is 4.54. The fourth-order valence-electron chi connectivity index (χ4n) is 3.22. The normalized spacial score (nSPS) is 19.4. The van der Waals surface area contributed by atoms with Crippen LogP contribution in [0.4, 0.5) is 0 Å². The summed E-state index contributed by atoms with van der Waals surface area (Å²) in [5, 5.41) is 10.1. The lowest BCUT2D eigenvalue weighted by Gasteiger charge is -2.17. The number of methoxy groups -OCH3 is 1. The lowest BCUT2D eigenvalue weighted by molar-refractivity contribution is -0.142. The topological polar surface area (TPSA) is 110 Å². The maximum Gasteiger partial charge on any atom is 0.326 e. The van der Waals surface area contributed by atoms with E-state index >= 15 is 0 Å². The minimum absolute atomic E-state index is 0.0440. The Hall–Kier alpha value is -3.13. The Morgan fingerprint density at radius 3 is 2.33 bits per heavy atom. The summed E-state index contributed by atoms with van der Waals surface area (Å²) in [4.78, 5) is 47.6. The molecule has 8 heteroatoms. The highest BCUT2D eigenvalue weighted by atomic mass is 32.2. The summed E-state index contributed by atoms with van der Waals surface area (Å²) in [6.07, 6.45) is 0.0440. The number of hydrogen-bond acceptors (Lipinski definition) is 6. The molecule has 1 heterocycles. The molecule has 2 aromatic rings. The van der Waals surface area contributed by atoms with Crippen molar-refractivity contribution < 1.29 is 29.0 Å². The molecule has 3 atom stereocenters. The fourth-order valence-corrected chi connectivity index (χ4v) is 4.30. The summed E-state index contributed by atoms with van der Waals surface area (Å²) in [6, 6.07) is 13.6. The van der Waals surface area contributed by atoms with Gasteiger partial charge in [0, 0.05) is 12.0 Å². The van der Waals surface area contributed by atoms with Crippen LogP contribution in [0.2, 0.25) is 0 Å². The van der Waals surface area contributed by atoms with E-state index < -0.39 is 40.0 Å². The van der Waals surface area contributed by atoms with E-state index in [0.29, 0.717) is 5.56 Å². The highest BCUT2D eigenvalue weighted by Gasteiger charge is 2.44. The number of rotatable bonds is 7. The van der Waals surface area contributed by atoms with Crippen LogP contribution in [-0.4, -0.2) is 52.2 Å². The van der Waals surface area contributed by atoms with Gasteiger partial charge < -0.3 is 15.2 Å². The fraction of sp³-hybridized carbons (Fsp3) is 0.273. The van der Waals surface area contributed by atoms with Gasteiger partial charge in [-0.3, -0.25) is 14.4 Å². The van der Waals surface area contributed by atoms with Gasteiger partial charge in [0.05, 0.1) is 12.4 Å². The predicted octanol–water partition coefficient (Wildman–Crippen LogP) is 2.12. The van der Waals surface area contributed by atoms with Gasteiger partial charge in [-0.05, 0) is 24.1 Å². The van der Waals surface area contributed by atoms with Gasteiger partial charge >= 0.3 is 5.97 Å². The predicted molar refractivity (Wildman–Crippen MR) is 113 cm³/mol. The quantitative estimate of drug-likeness (QED) is 0.514. The molecule has 0 aliphatic carbocycles. The van der Waals surface area contributed by atoms with E-state index in [0.717, 1.165) is 28.6 Å². The van der Waals surface area contributed by atoms with Gasteiger partial charge in [0.25, 0.3) is 0 Å². The third-order valence-electron chi connectivity index (χ3n) is 4.85. The summed E-state index contributed by atoms with van der Waals surface area (Å²) in [5.74, 6) is -2.63. The van der Waals surface area contributed by atoms with Crippen LogP contribution in [0.3, 0.4) is 0 Å². The number of para-hydroxylation sites is 1. The van der Waals surface area contributed by atoms with Crippen molar-refractivity contribution in [2.45, 2.75) is 29.9 Å². The number of amides is 1. The standard InChI is InChI=1S/C22H21NO6S/c1-12-18(24)19(25)20(30-12)21(26)23-16(22(27)28)11-13-7-9-14(10-8-13)15-5-3-4-6-17(15)29-2/h3-10,12,16,20H,11H2,1-2H3,(H,23,26)(H,27,28)/t12-,16+,20+/m0/s1. The average Bonchev–Trinajstić information content (AvgIpc) is 3.01. The number of ketones is 2. The van der Waals surface area contributed by atoms with Crippen LogP contribution in [0.5, 0.6) is 5.75 Å². The molecule has 0 unspecified atom stereocenters. The van der Waals surface area contributed by atoms with Crippen LogP contribution in [-0.2, 0) is 25.6 Å². The molecule has 1 aliphatic rings. The Morgan fingerprint density at radius 1 is 1.10 bits per heavy atom. The molecule has 0 aromatic heterocycles. The Balaban J connectivity index is 1.71.